The van der Waals surface area contributed by atoms with Crippen LogP contribution in [-0.4, -0.2) is 17.5 Å². The summed E-state index contributed by atoms with van der Waals surface area (Å²) < 4.78 is 7.98. The Labute approximate surface area is 195 Å². The van der Waals surface area contributed by atoms with Crippen molar-refractivity contribution in [3.05, 3.63) is 61.1 Å². The molecular formula is C25H26N4O3S. The van der Waals surface area contributed by atoms with Crippen molar-refractivity contribution in [3.63, 3.8) is 0 Å². The maximum Gasteiger partial charge on any atom is 0.200 e. The van der Waals surface area contributed by atoms with E-state index in [9.17, 15) is 9.59 Å². The predicted molar refractivity (Wildman–Crippen MR) is 130 cm³/mol. The van der Waals surface area contributed by atoms with Gasteiger partial charge in [-0.2, -0.15) is 0 Å². The number of nitrogens with zero attached hydrogens (tertiary/aromatic N) is 4. The summed E-state index contributed by atoms with van der Waals surface area (Å²) >= 11 is 1.63. The first-order chi connectivity index (χ1) is 15.8. The fourth-order valence-corrected chi connectivity index (χ4v) is 6.39. The fourth-order valence-electron chi connectivity index (χ4n) is 4.96. The van der Waals surface area contributed by atoms with E-state index in [2.05, 4.69) is 34.5 Å². The van der Waals surface area contributed by atoms with E-state index in [-0.39, 0.29) is 34.3 Å². The molecule has 5 rings (SSSR count). The van der Waals surface area contributed by atoms with Crippen molar-refractivity contribution in [1.29, 1.82) is 0 Å². The van der Waals surface area contributed by atoms with Crippen molar-refractivity contribution in [1.82, 2.24) is 4.57 Å². The molecule has 2 aliphatic rings. The summed E-state index contributed by atoms with van der Waals surface area (Å²) in [5.74, 6) is 0.417. The topological polar surface area (TPSA) is 97.1 Å². The van der Waals surface area contributed by atoms with Crippen molar-refractivity contribution >= 4 is 28.0 Å². The molecule has 1 unspecified atom stereocenters. The van der Waals surface area contributed by atoms with Gasteiger partial charge in [0.25, 0.3) is 0 Å². The van der Waals surface area contributed by atoms with Crippen molar-refractivity contribution < 1.29 is 9.53 Å². The van der Waals surface area contributed by atoms with Gasteiger partial charge < -0.3 is 9.30 Å². The molecule has 1 saturated carbocycles. The Morgan fingerprint density at radius 2 is 2.06 bits per heavy atom. The molecule has 2 heterocycles. The van der Waals surface area contributed by atoms with E-state index in [1.807, 2.05) is 12.1 Å². The molecule has 1 aromatic carbocycles. The van der Waals surface area contributed by atoms with Crippen molar-refractivity contribution in [2.45, 2.75) is 64.0 Å². The number of Topliss-reactive ketones (excluding diaryl/α,β-unsaturated/α-hetero) is 1. The fraction of sp³-hybridized carbons (Fsp3) is 0.440. The number of carbonyl (C=O) groups is 1. The number of hydrogen-bond acceptors (Lipinski definition) is 5. The molecule has 170 valence electrons. The van der Waals surface area contributed by atoms with Crippen LogP contribution in [-0.2, 0) is 5.41 Å². The van der Waals surface area contributed by atoms with Crippen LogP contribution in [0.4, 0.5) is 0 Å². The highest BCUT2D eigenvalue weighted by Crippen LogP contribution is 2.51. The molecule has 8 heteroatoms. The number of ether oxygens (including phenoxy) is 1. The number of ketones is 1. The number of benzene rings is 1. The van der Waals surface area contributed by atoms with Crippen LogP contribution in [0.5, 0.6) is 5.75 Å². The summed E-state index contributed by atoms with van der Waals surface area (Å²) in [6, 6.07) is 6.02. The lowest BCUT2D eigenvalue weighted by molar-refractivity contribution is 0.101. The second-order valence-corrected chi connectivity index (χ2v) is 10.7. The number of pyridine rings is 1. The Morgan fingerprint density at radius 3 is 2.70 bits per heavy atom. The Bertz CT molecular complexity index is 1410. The lowest BCUT2D eigenvalue weighted by atomic mass is 9.74. The van der Waals surface area contributed by atoms with Gasteiger partial charge in [-0.3, -0.25) is 9.59 Å². The molecule has 0 N–H and O–H groups in total. The average molecular weight is 463 g/mol. The number of thiophene rings is 1. The standard InChI is InChI=1S/C25H26N4O3S/c1-13(30)17-12-29(14-5-6-14)21-16(22(17)31)8-7-15(23(21)32-4)20-11-18-24(33-20)19(27-28-26)9-10-25(18,2)3/h7-8,11-12,14,19H,5-6,9-10H2,1-4H3. The van der Waals surface area contributed by atoms with Gasteiger partial charge in [-0.1, -0.05) is 19.0 Å². The molecule has 0 radical (unpaired) electrons. The average Bonchev–Trinajstić information content (AvgIpc) is 3.52. The molecule has 0 amide bonds. The SMILES string of the molecule is COc1c(-c2cc3c(s2)C(N=[N+]=[N-])CCC3(C)C)ccc2c(=O)c(C(C)=O)cn(C3CC3)c12. The van der Waals surface area contributed by atoms with Crippen LogP contribution in [0.3, 0.4) is 0 Å². The van der Waals surface area contributed by atoms with Crippen LogP contribution in [0, 0.1) is 0 Å². The highest BCUT2D eigenvalue weighted by molar-refractivity contribution is 7.15. The molecule has 2 aromatic heterocycles. The van der Waals surface area contributed by atoms with Gasteiger partial charge in [-0.05, 0) is 67.3 Å². The maximum absolute atomic E-state index is 13.1. The molecular weight excluding hydrogens is 436 g/mol. The van der Waals surface area contributed by atoms with E-state index in [4.69, 9.17) is 10.3 Å². The van der Waals surface area contributed by atoms with E-state index in [1.165, 1.54) is 12.5 Å². The monoisotopic (exact) mass is 462 g/mol. The third-order valence-electron chi connectivity index (χ3n) is 6.96. The number of methoxy groups -OCH3 is 1. The minimum absolute atomic E-state index is 0.0118. The van der Waals surface area contributed by atoms with Gasteiger partial charge in [0.05, 0.1) is 29.6 Å². The summed E-state index contributed by atoms with van der Waals surface area (Å²) in [4.78, 5) is 30.4. The Balaban J connectivity index is 1.78. The first-order valence-electron chi connectivity index (χ1n) is 11.2. The molecule has 2 aliphatic carbocycles. The van der Waals surface area contributed by atoms with Gasteiger partial charge in [0.15, 0.2) is 17.0 Å². The molecule has 33 heavy (non-hydrogen) atoms. The minimum Gasteiger partial charge on any atom is -0.494 e. The number of fused-ring (bicyclic) bond motifs is 2. The smallest absolute Gasteiger partial charge is 0.200 e. The van der Waals surface area contributed by atoms with Gasteiger partial charge in [-0.25, -0.2) is 0 Å². The van der Waals surface area contributed by atoms with Crippen molar-refractivity contribution in [2.75, 3.05) is 7.11 Å². The Morgan fingerprint density at radius 1 is 1.30 bits per heavy atom. The maximum atomic E-state index is 13.1. The van der Waals surface area contributed by atoms with Crippen molar-refractivity contribution in [3.8, 4) is 16.2 Å². The molecule has 1 atom stereocenters. The first kappa shape index (κ1) is 21.7. The molecule has 0 aliphatic heterocycles. The van der Waals surface area contributed by atoms with Gasteiger partial charge in [-0.15, -0.1) is 11.3 Å². The summed E-state index contributed by atoms with van der Waals surface area (Å²) in [6.07, 6.45) is 5.50. The third-order valence-corrected chi connectivity index (χ3v) is 8.23. The van der Waals surface area contributed by atoms with Crippen LogP contribution in [0.15, 0.2) is 34.3 Å². The lowest BCUT2D eigenvalue weighted by Crippen LogP contribution is -2.23. The quantitative estimate of drug-likeness (QED) is 0.183. The molecule has 0 spiro atoms. The van der Waals surface area contributed by atoms with Gasteiger partial charge >= 0.3 is 0 Å². The minimum atomic E-state index is -0.255. The second-order valence-electron chi connectivity index (χ2n) is 9.64. The van der Waals surface area contributed by atoms with Gasteiger partial charge in [0.1, 0.15) is 0 Å². The third kappa shape index (κ3) is 3.45. The van der Waals surface area contributed by atoms with Crippen LogP contribution in [0.2, 0.25) is 0 Å². The van der Waals surface area contributed by atoms with Crippen LogP contribution < -0.4 is 10.2 Å². The first-order valence-corrected chi connectivity index (χ1v) is 12.0. The van der Waals surface area contributed by atoms with E-state index in [1.54, 1.807) is 24.6 Å². The zero-order valence-electron chi connectivity index (χ0n) is 19.2. The van der Waals surface area contributed by atoms with Crippen LogP contribution in [0.1, 0.15) is 79.3 Å². The summed E-state index contributed by atoms with van der Waals surface area (Å²) in [5, 5.41) is 4.56. The Kier molecular flexibility index (Phi) is 5.10. The lowest BCUT2D eigenvalue weighted by Gasteiger charge is -2.32. The van der Waals surface area contributed by atoms with Crippen LogP contribution in [0.25, 0.3) is 31.8 Å². The van der Waals surface area contributed by atoms with E-state index < -0.39 is 0 Å². The Hall–Kier alpha value is -3.09. The van der Waals surface area contributed by atoms with E-state index in [0.717, 1.165) is 46.5 Å². The molecule has 0 saturated heterocycles. The normalized spacial score (nSPS) is 19.1. The van der Waals surface area contributed by atoms with Gasteiger partial charge in [0.2, 0.25) is 0 Å². The highest BCUT2D eigenvalue weighted by atomic mass is 32.1. The van der Waals surface area contributed by atoms with Crippen molar-refractivity contribution in [2.24, 2.45) is 5.11 Å². The molecule has 7 nitrogen and oxygen atoms in total. The van der Waals surface area contributed by atoms with E-state index >= 15 is 0 Å². The number of hydrogen-bond donors (Lipinski definition) is 0. The highest BCUT2D eigenvalue weighted by Gasteiger charge is 2.35. The number of rotatable bonds is 5. The number of aromatic nitrogens is 1. The van der Waals surface area contributed by atoms with Gasteiger partial charge in [0, 0.05) is 32.5 Å². The summed E-state index contributed by atoms with van der Waals surface area (Å²) in [5.41, 5.74) is 11.9. The number of carbonyl (C=O) groups excluding carboxylic acids is 1. The number of azide groups is 1. The predicted octanol–water partition coefficient (Wildman–Crippen LogP) is 6.70. The van der Waals surface area contributed by atoms with Crippen LogP contribution >= 0.6 is 11.3 Å². The largest absolute Gasteiger partial charge is 0.494 e. The zero-order valence-corrected chi connectivity index (χ0v) is 20.0. The molecule has 1 fully saturated rings. The molecule has 0 bridgehead atoms. The summed E-state index contributed by atoms with van der Waals surface area (Å²) in [7, 11) is 1.62. The second kappa shape index (κ2) is 7.75. The molecule has 3 aromatic rings. The zero-order chi connectivity index (χ0) is 23.5. The van der Waals surface area contributed by atoms with E-state index in [0.29, 0.717) is 11.1 Å². The summed E-state index contributed by atoms with van der Waals surface area (Å²) in [6.45, 7) is 5.88.